The fourth-order valence-corrected chi connectivity index (χ4v) is 2.20. The van der Waals surface area contributed by atoms with Crippen LogP contribution in [0.25, 0.3) is 0 Å². The van der Waals surface area contributed by atoms with Gasteiger partial charge in [-0.15, -0.1) is 6.58 Å². The third-order valence-corrected chi connectivity index (χ3v) is 3.12. The molecule has 1 atom stereocenters. The quantitative estimate of drug-likeness (QED) is 0.692. The molecule has 0 radical (unpaired) electrons. The van der Waals surface area contributed by atoms with Crippen molar-refractivity contribution in [1.29, 1.82) is 0 Å². The van der Waals surface area contributed by atoms with Crippen molar-refractivity contribution >= 4 is 0 Å². The average Bonchev–Trinajstić information content (AvgIpc) is 2.34. The molecule has 1 aromatic carbocycles. The van der Waals surface area contributed by atoms with Gasteiger partial charge in [0.15, 0.2) is 0 Å². The molecule has 0 saturated carbocycles. The van der Waals surface area contributed by atoms with E-state index in [-0.39, 0.29) is 0 Å². The molecule has 1 nitrogen and oxygen atoms in total. The molecule has 1 unspecified atom stereocenters. The average molecular weight is 231 g/mol. The summed E-state index contributed by atoms with van der Waals surface area (Å²) in [6.45, 7) is 11.5. The Kier molecular flexibility index (Phi) is 5.99. The van der Waals surface area contributed by atoms with Gasteiger partial charge in [-0.25, -0.2) is 0 Å². The molecule has 1 heteroatoms. The van der Waals surface area contributed by atoms with E-state index >= 15 is 0 Å². The molecule has 0 spiro atoms. The Morgan fingerprint density at radius 3 is 2.59 bits per heavy atom. The highest BCUT2D eigenvalue weighted by molar-refractivity contribution is 5.30. The van der Waals surface area contributed by atoms with Crippen LogP contribution in [0.1, 0.15) is 50.8 Å². The van der Waals surface area contributed by atoms with Crippen LogP contribution in [0.5, 0.6) is 0 Å². The Hall–Kier alpha value is -1.08. The SMILES string of the molecule is C=C(C)CCC(NCC)c1ccccc1CC. The van der Waals surface area contributed by atoms with E-state index in [1.54, 1.807) is 0 Å². The van der Waals surface area contributed by atoms with E-state index in [0.29, 0.717) is 6.04 Å². The maximum atomic E-state index is 4.00. The molecule has 0 fully saturated rings. The van der Waals surface area contributed by atoms with Crippen LogP contribution < -0.4 is 5.32 Å². The van der Waals surface area contributed by atoms with Gasteiger partial charge in [-0.3, -0.25) is 0 Å². The minimum atomic E-state index is 0.466. The number of hydrogen-bond acceptors (Lipinski definition) is 1. The van der Waals surface area contributed by atoms with Crippen molar-refractivity contribution in [2.45, 2.75) is 46.1 Å². The number of nitrogens with one attached hydrogen (secondary N) is 1. The second kappa shape index (κ2) is 7.29. The molecule has 0 saturated heterocycles. The van der Waals surface area contributed by atoms with Gasteiger partial charge in [0.1, 0.15) is 0 Å². The standard InChI is InChI=1S/C16H25N/c1-5-14-9-7-8-10-15(14)16(17-6-2)12-11-13(3)4/h7-10,16-17H,3,5-6,11-12H2,1-2,4H3. The monoisotopic (exact) mass is 231 g/mol. The van der Waals surface area contributed by atoms with Crippen molar-refractivity contribution in [2.24, 2.45) is 0 Å². The molecule has 0 aliphatic rings. The van der Waals surface area contributed by atoms with E-state index in [9.17, 15) is 0 Å². The van der Waals surface area contributed by atoms with Gasteiger partial charge in [-0.2, -0.15) is 0 Å². The van der Waals surface area contributed by atoms with E-state index in [2.05, 4.69) is 56.9 Å². The van der Waals surface area contributed by atoms with Crippen LogP contribution in [0.4, 0.5) is 0 Å². The number of rotatable bonds is 7. The number of hydrogen-bond donors (Lipinski definition) is 1. The first kappa shape index (κ1) is 14.0. The van der Waals surface area contributed by atoms with Crippen LogP contribution in [0, 0.1) is 0 Å². The summed E-state index contributed by atoms with van der Waals surface area (Å²) in [5, 5.41) is 3.59. The molecule has 94 valence electrons. The van der Waals surface area contributed by atoms with Crippen LogP contribution in [-0.2, 0) is 6.42 Å². The van der Waals surface area contributed by atoms with Crippen molar-refractivity contribution in [1.82, 2.24) is 5.32 Å². The van der Waals surface area contributed by atoms with Crippen molar-refractivity contribution in [3.8, 4) is 0 Å². The maximum Gasteiger partial charge on any atom is 0.0325 e. The summed E-state index contributed by atoms with van der Waals surface area (Å²) >= 11 is 0. The van der Waals surface area contributed by atoms with Gasteiger partial charge in [0.05, 0.1) is 0 Å². The molecule has 0 bridgehead atoms. The minimum Gasteiger partial charge on any atom is -0.310 e. The Balaban J connectivity index is 2.84. The highest BCUT2D eigenvalue weighted by Gasteiger charge is 2.12. The molecular formula is C16H25N. The largest absolute Gasteiger partial charge is 0.310 e. The summed E-state index contributed by atoms with van der Waals surface area (Å²) in [6.07, 6.45) is 3.33. The summed E-state index contributed by atoms with van der Waals surface area (Å²) < 4.78 is 0. The minimum absolute atomic E-state index is 0.466. The molecule has 0 amide bonds. The summed E-state index contributed by atoms with van der Waals surface area (Å²) in [5.41, 5.74) is 4.18. The summed E-state index contributed by atoms with van der Waals surface area (Å²) in [4.78, 5) is 0. The lowest BCUT2D eigenvalue weighted by Crippen LogP contribution is -2.22. The van der Waals surface area contributed by atoms with Gasteiger partial charge in [0.25, 0.3) is 0 Å². The molecule has 17 heavy (non-hydrogen) atoms. The molecule has 0 aliphatic heterocycles. The van der Waals surface area contributed by atoms with E-state index < -0.39 is 0 Å². The van der Waals surface area contributed by atoms with Gasteiger partial charge >= 0.3 is 0 Å². The summed E-state index contributed by atoms with van der Waals surface area (Å²) in [7, 11) is 0. The fraction of sp³-hybridized carbons (Fsp3) is 0.500. The Bertz CT molecular complexity index is 354. The Labute approximate surface area is 106 Å². The van der Waals surface area contributed by atoms with Gasteiger partial charge in [0.2, 0.25) is 0 Å². The number of benzene rings is 1. The normalized spacial score (nSPS) is 12.4. The zero-order valence-electron chi connectivity index (χ0n) is 11.4. The van der Waals surface area contributed by atoms with E-state index in [1.165, 1.54) is 16.7 Å². The van der Waals surface area contributed by atoms with Crippen LogP contribution in [0.15, 0.2) is 36.4 Å². The third-order valence-electron chi connectivity index (χ3n) is 3.12. The van der Waals surface area contributed by atoms with Crippen LogP contribution in [-0.4, -0.2) is 6.54 Å². The molecule has 0 heterocycles. The van der Waals surface area contributed by atoms with Crippen molar-refractivity contribution in [3.05, 3.63) is 47.5 Å². The lowest BCUT2D eigenvalue weighted by molar-refractivity contribution is 0.511. The summed E-state index contributed by atoms with van der Waals surface area (Å²) in [6, 6.07) is 9.22. The smallest absolute Gasteiger partial charge is 0.0325 e. The van der Waals surface area contributed by atoms with Gasteiger partial charge in [0, 0.05) is 6.04 Å². The van der Waals surface area contributed by atoms with Gasteiger partial charge < -0.3 is 5.32 Å². The third kappa shape index (κ3) is 4.35. The first-order chi connectivity index (χ1) is 8.19. The molecule has 0 aromatic heterocycles. The molecule has 1 rings (SSSR count). The van der Waals surface area contributed by atoms with E-state index in [4.69, 9.17) is 0 Å². The molecule has 0 aliphatic carbocycles. The maximum absolute atomic E-state index is 4.00. The molecule has 1 aromatic rings. The van der Waals surface area contributed by atoms with Crippen molar-refractivity contribution in [3.63, 3.8) is 0 Å². The lowest BCUT2D eigenvalue weighted by atomic mass is 9.94. The zero-order valence-corrected chi connectivity index (χ0v) is 11.4. The highest BCUT2D eigenvalue weighted by Crippen LogP contribution is 2.24. The summed E-state index contributed by atoms with van der Waals surface area (Å²) in [5.74, 6) is 0. The molecule has 1 N–H and O–H groups in total. The van der Waals surface area contributed by atoms with Gasteiger partial charge in [-0.1, -0.05) is 43.7 Å². The van der Waals surface area contributed by atoms with Crippen molar-refractivity contribution in [2.75, 3.05) is 6.54 Å². The lowest BCUT2D eigenvalue weighted by Gasteiger charge is -2.21. The predicted molar refractivity (Wildman–Crippen MR) is 76.3 cm³/mol. The topological polar surface area (TPSA) is 12.0 Å². The van der Waals surface area contributed by atoms with E-state index in [1.807, 2.05) is 0 Å². The highest BCUT2D eigenvalue weighted by atomic mass is 14.9. The van der Waals surface area contributed by atoms with Crippen LogP contribution in [0.3, 0.4) is 0 Å². The first-order valence-corrected chi connectivity index (χ1v) is 6.64. The Morgan fingerprint density at radius 2 is 2.00 bits per heavy atom. The van der Waals surface area contributed by atoms with Gasteiger partial charge in [-0.05, 0) is 43.9 Å². The van der Waals surface area contributed by atoms with Crippen LogP contribution >= 0.6 is 0 Å². The van der Waals surface area contributed by atoms with E-state index in [0.717, 1.165) is 25.8 Å². The predicted octanol–water partition coefficient (Wildman–Crippen LogP) is 4.26. The zero-order chi connectivity index (χ0) is 12.7. The second-order valence-corrected chi connectivity index (χ2v) is 4.66. The molecular weight excluding hydrogens is 206 g/mol. The van der Waals surface area contributed by atoms with Crippen molar-refractivity contribution < 1.29 is 0 Å². The number of aryl methyl sites for hydroxylation is 1. The second-order valence-electron chi connectivity index (χ2n) is 4.66. The number of allylic oxidation sites excluding steroid dienone is 1. The fourth-order valence-electron chi connectivity index (χ4n) is 2.20. The Morgan fingerprint density at radius 1 is 1.29 bits per heavy atom. The first-order valence-electron chi connectivity index (χ1n) is 6.64. The van der Waals surface area contributed by atoms with Crippen LogP contribution in [0.2, 0.25) is 0 Å².